The Morgan fingerprint density at radius 1 is 1.27 bits per heavy atom. The molecule has 0 radical (unpaired) electrons. The number of rotatable bonds is 5. The molecule has 136 valence electrons. The number of nitrogens with zero attached hydrogens (tertiary/aromatic N) is 4. The van der Waals surface area contributed by atoms with Gasteiger partial charge in [-0.15, -0.1) is 5.10 Å². The van der Waals surface area contributed by atoms with Crippen LogP contribution < -0.4 is 11.1 Å². The Kier molecular flexibility index (Phi) is 4.88. The number of nitrogen functional groups attached to an aromatic ring is 1. The summed E-state index contributed by atoms with van der Waals surface area (Å²) in [6, 6.07) is 8.35. The van der Waals surface area contributed by atoms with Crippen LogP contribution in [0.5, 0.6) is 0 Å². The molecule has 0 saturated heterocycles. The van der Waals surface area contributed by atoms with Crippen LogP contribution in [0.2, 0.25) is 0 Å². The van der Waals surface area contributed by atoms with Crippen LogP contribution >= 0.6 is 0 Å². The highest BCUT2D eigenvalue weighted by Crippen LogP contribution is 2.17. The third-order valence-electron chi connectivity index (χ3n) is 4.62. The fourth-order valence-electron chi connectivity index (χ4n) is 3.06. The number of fused-ring (bicyclic) bond motifs is 1. The maximum absolute atomic E-state index is 12.5. The van der Waals surface area contributed by atoms with Gasteiger partial charge in [0.05, 0.1) is 6.42 Å². The van der Waals surface area contributed by atoms with Crippen molar-refractivity contribution in [3.8, 4) is 0 Å². The molecule has 0 saturated carbocycles. The molecule has 3 rings (SSSR count). The molecule has 0 aliphatic carbocycles. The number of hydrogen-bond donors (Lipinski definition) is 2. The van der Waals surface area contributed by atoms with Crippen molar-refractivity contribution in [3.05, 3.63) is 52.3 Å². The quantitative estimate of drug-likeness (QED) is 0.733. The van der Waals surface area contributed by atoms with Crippen molar-refractivity contribution in [1.29, 1.82) is 0 Å². The molecule has 0 fully saturated rings. The number of aromatic nitrogens is 4. The van der Waals surface area contributed by atoms with Crippen LogP contribution in [-0.2, 0) is 11.2 Å². The first kappa shape index (κ1) is 17.8. The number of benzene rings is 1. The number of hydrogen-bond acceptors (Lipinski definition) is 5. The van der Waals surface area contributed by atoms with Gasteiger partial charge in [-0.25, -0.2) is 4.98 Å². The van der Waals surface area contributed by atoms with Crippen LogP contribution in [-0.4, -0.2) is 32.0 Å². The fourth-order valence-corrected chi connectivity index (χ4v) is 3.06. The molecule has 2 heterocycles. The summed E-state index contributed by atoms with van der Waals surface area (Å²) in [5, 5.41) is 7.15. The van der Waals surface area contributed by atoms with Crippen LogP contribution in [0.15, 0.2) is 24.3 Å². The third-order valence-corrected chi connectivity index (χ3v) is 4.62. The highest BCUT2D eigenvalue weighted by Gasteiger charge is 2.16. The molecule has 1 aromatic carbocycles. The zero-order valence-corrected chi connectivity index (χ0v) is 15.6. The number of amides is 1. The zero-order chi connectivity index (χ0) is 18.8. The molecule has 0 bridgehead atoms. The van der Waals surface area contributed by atoms with Crippen molar-refractivity contribution in [1.82, 2.24) is 24.9 Å². The number of aryl methyl sites for hydroxylation is 3. The topological polar surface area (TPSA) is 98.2 Å². The summed E-state index contributed by atoms with van der Waals surface area (Å²) in [5.41, 5.74) is 10.5. The molecule has 3 N–H and O–H groups in total. The molecule has 1 amide bonds. The number of nitrogens with two attached hydrogens (primary N) is 1. The van der Waals surface area contributed by atoms with E-state index in [2.05, 4.69) is 52.4 Å². The monoisotopic (exact) mass is 352 g/mol. The average Bonchev–Trinajstić information content (AvgIpc) is 2.97. The van der Waals surface area contributed by atoms with Crippen molar-refractivity contribution in [2.45, 2.75) is 40.0 Å². The van der Waals surface area contributed by atoms with Crippen molar-refractivity contribution in [2.75, 3.05) is 12.3 Å². The molecular formula is C19H24N6O. The minimum absolute atomic E-state index is 0.0371. The Bertz CT molecular complexity index is 962. The molecule has 1 atom stereocenters. The van der Waals surface area contributed by atoms with Gasteiger partial charge in [0.1, 0.15) is 0 Å². The lowest BCUT2D eigenvalue weighted by molar-refractivity contribution is -0.120. The van der Waals surface area contributed by atoms with E-state index >= 15 is 0 Å². The van der Waals surface area contributed by atoms with Gasteiger partial charge in [0.15, 0.2) is 0 Å². The Morgan fingerprint density at radius 2 is 2.04 bits per heavy atom. The van der Waals surface area contributed by atoms with Gasteiger partial charge >= 0.3 is 0 Å². The normalized spacial score (nSPS) is 12.3. The van der Waals surface area contributed by atoms with E-state index in [9.17, 15) is 4.79 Å². The van der Waals surface area contributed by atoms with Crippen molar-refractivity contribution < 1.29 is 4.79 Å². The minimum Gasteiger partial charge on any atom is -0.366 e. The lowest BCUT2D eigenvalue weighted by Crippen LogP contribution is -2.29. The Morgan fingerprint density at radius 3 is 2.77 bits per heavy atom. The van der Waals surface area contributed by atoms with E-state index in [0.717, 1.165) is 17.0 Å². The Labute approximate surface area is 152 Å². The second-order valence-corrected chi connectivity index (χ2v) is 6.74. The van der Waals surface area contributed by atoms with Crippen molar-refractivity contribution in [3.63, 3.8) is 0 Å². The first-order valence-corrected chi connectivity index (χ1v) is 8.66. The lowest BCUT2D eigenvalue weighted by Gasteiger charge is -2.15. The summed E-state index contributed by atoms with van der Waals surface area (Å²) < 4.78 is 1.58. The van der Waals surface area contributed by atoms with Crippen LogP contribution in [0.3, 0.4) is 0 Å². The molecule has 7 heteroatoms. The zero-order valence-electron chi connectivity index (χ0n) is 15.6. The first-order chi connectivity index (χ1) is 12.3. The number of carbonyl (C=O) groups excluding carboxylic acids is 1. The average molecular weight is 352 g/mol. The van der Waals surface area contributed by atoms with Gasteiger partial charge in [-0.3, -0.25) is 4.79 Å². The Balaban J connectivity index is 1.69. The Hall–Kier alpha value is -2.96. The predicted octanol–water partition coefficient (Wildman–Crippen LogP) is 2.09. The number of carbonyl (C=O) groups is 1. The fraction of sp³-hybridized carbons (Fsp3) is 0.368. The number of nitrogens with one attached hydrogen (secondary N) is 1. The van der Waals surface area contributed by atoms with Gasteiger partial charge < -0.3 is 11.1 Å². The van der Waals surface area contributed by atoms with Gasteiger partial charge in [0.25, 0.3) is 5.78 Å². The molecule has 26 heavy (non-hydrogen) atoms. The largest absolute Gasteiger partial charge is 0.366 e. The first-order valence-electron chi connectivity index (χ1n) is 8.66. The standard InChI is InChI=1S/C19H24N6O/c1-11-6-5-7-15(8-11)12(2)10-21-17(26)9-16-13(3)22-19-23-18(20)24-25(19)14(16)4/h5-8,12H,9-10H2,1-4H3,(H2,20,24)(H,21,26). The summed E-state index contributed by atoms with van der Waals surface area (Å²) in [6.07, 6.45) is 0.251. The van der Waals surface area contributed by atoms with Gasteiger partial charge in [-0.2, -0.15) is 9.50 Å². The van der Waals surface area contributed by atoms with Crippen LogP contribution in [0.1, 0.15) is 40.9 Å². The van der Waals surface area contributed by atoms with Crippen LogP contribution in [0, 0.1) is 20.8 Å². The molecule has 0 spiro atoms. The summed E-state index contributed by atoms with van der Waals surface area (Å²) in [4.78, 5) is 20.9. The number of anilines is 1. The van der Waals surface area contributed by atoms with Gasteiger partial charge in [-0.05, 0) is 32.3 Å². The summed E-state index contributed by atoms with van der Waals surface area (Å²) >= 11 is 0. The lowest BCUT2D eigenvalue weighted by atomic mass is 9.99. The van der Waals surface area contributed by atoms with E-state index in [0.29, 0.717) is 12.3 Å². The smallest absolute Gasteiger partial charge is 0.254 e. The van der Waals surface area contributed by atoms with Crippen LogP contribution in [0.4, 0.5) is 5.95 Å². The summed E-state index contributed by atoms with van der Waals surface area (Å²) in [6.45, 7) is 8.54. The molecular weight excluding hydrogens is 328 g/mol. The van der Waals surface area contributed by atoms with Gasteiger partial charge in [0, 0.05) is 23.5 Å². The van der Waals surface area contributed by atoms with E-state index in [4.69, 9.17) is 5.73 Å². The second-order valence-electron chi connectivity index (χ2n) is 6.74. The van der Waals surface area contributed by atoms with E-state index in [-0.39, 0.29) is 24.2 Å². The maximum atomic E-state index is 12.5. The van der Waals surface area contributed by atoms with E-state index < -0.39 is 0 Å². The van der Waals surface area contributed by atoms with Crippen molar-refractivity contribution >= 4 is 17.6 Å². The molecule has 0 aliphatic heterocycles. The van der Waals surface area contributed by atoms with Crippen molar-refractivity contribution in [2.24, 2.45) is 0 Å². The third kappa shape index (κ3) is 3.66. The predicted molar refractivity (Wildman–Crippen MR) is 101 cm³/mol. The molecule has 0 aliphatic rings. The van der Waals surface area contributed by atoms with E-state index in [1.807, 2.05) is 19.9 Å². The van der Waals surface area contributed by atoms with Gasteiger partial charge in [-0.1, -0.05) is 36.8 Å². The highest BCUT2D eigenvalue weighted by molar-refractivity contribution is 5.79. The molecule has 3 aromatic rings. The summed E-state index contributed by atoms with van der Waals surface area (Å²) in [7, 11) is 0. The van der Waals surface area contributed by atoms with Crippen LogP contribution in [0.25, 0.3) is 5.78 Å². The minimum atomic E-state index is -0.0371. The molecule has 1 unspecified atom stereocenters. The SMILES string of the molecule is Cc1cccc(C(C)CNC(=O)Cc2c(C)nc3nc(N)nn3c2C)c1. The van der Waals surface area contributed by atoms with E-state index in [1.54, 1.807) is 4.52 Å². The molecule has 7 nitrogen and oxygen atoms in total. The molecule has 2 aromatic heterocycles. The second kappa shape index (κ2) is 7.11. The highest BCUT2D eigenvalue weighted by atomic mass is 16.1. The van der Waals surface area contributed by atoms with Gasteiger partial charge in [0.2, 0.25) is 11.9 Å². The summed E-state index contributed by atoms with van der Waals surface area (Å²) in [5.74, 6) is 0.838. The van der Waals surface area contributed by atoms with E-state index in [1.165, 1.54) is 11.1 Å². The maximum Gasteiger partial charge on any atom is 0.254 e.